The number of halogens is 1. The number of thioether (sulfide) groups is 1. The first kappa shape index (κ1) is 13.3. The summed E-state index contributed by atoms with van der Waals surface area (Å²) in [4.78, 5) is 0. The Bertz CT molecular complexity index is 499. The van der Waals surface area contributed by atoms with Gasteiger partial charge in [-0.2, -0.15) is 0 Å². The lowest BCUT2D eigenvalue weighted by Crippen LogP contribution is -2.03. The van der Waals surface area contributed by atoms with Gasteiger partial charge in [-0.3, -0.25) is 5.41 Å². The minimum Gasteiger partial charge on any atom is -0.379 e. The quantitative estimate of drug-likeness (QED) is 0.497. The minimum absolute atomic E-state index is 0. The summed E-state index contributed by atoms with van der Waals surface area (Å²) in [5.74, 6) is 0.764. The van der Waals surface area contributed by atoms with Crippen molar-refractivity contribution in [1.82, 2.24) is 0 Å². The number of nitrogens with one attached hydrogen (secondary N) is 1. The third kappa shape index (κ3) is 3.38. The highest BCUT2D eigenvalue weighted by Gasteiger charge is 1.97. The van der Waals surface area contributed by atoms with Gasteiger partial charge in [-0.1, -0.05) is 54.2 Å². The van der Waals surface area contributed by atoms with Crippen LogP contribution in [0.5, 0.6) is 0 Å². The lowest BCUT2D eigenvalue weighted by Gasteiger charge is -2.02. The number of nitrogens with two attached hydrogens (primary N) is 1. The van der Waals surface area contributed by atoms with Crippen molar-refractivity contribution >= 4 is 51.7 Å². The predicted molar refractivity (Wildman–Crippen MR) is 82.6 cm³/mol. The van der Waals surface area contributed by atoms with Crippen LogP contribution < -0.4 is 5.73 Å². The van der Waals surface area contributed by atoms with Crippen LogP contribution in [0, 0.1) is 5.41 Å². The molecule has 2 aromatic carbocycles. The van der Waals surface area contributed by atoms with E-state index in [4.69, 9.17) is 11.1 Å². The summed E-state index contributed by atoms with van der Waals surface area (Å²) in [6.45, 7) is 0. The second-order valence-corrected chi connectivity index (χ2v) is 4.35. The molecule has 0 saturated heterocycles. The Balaban J connectivity index is 0.00000128. The molecule has 84 valence electrons. The van der Waals surface area contributed by atoms with Crippen LogP contribution in [0.15, 0.2) is 42.5 Å². The van der Waals surface area contributed by atoms with Crippen LogP contribution in [0.4, 0.5) is 0 Å². The SMILES string of the molecule is I.N=C(N)SCc1ccc2ccccc2c1. The first-order valence-electron chi connectivity index (χ1n) is 4.70. The molecule has 0 fully saturated rings. The molecular weight excluding hydrogens is 331 g/mol. The molecule has 2 rings (SSSR count). The first-order valence-corrected chi connectivity index (χ1v) is 5.69. The zero-order valence-electron chi connectivity index (χ0n) is 8.64. The molecule has 2 nitrogen and oxygen atoms in total. The van der Waals surface area contributed by atoms with E-state index in [0.29, 0.717) is 0 Å². The molecule has 0 bridgehead atoms. The van der Waals surface area contributed by atoms with Gasteiger partial charge in [0.15, 0.2) is 5.17 Å². The van der Waals surface area contributed by atoms with Gasteiger partial charge < -0.3 is 5.73 Å². The van der Waals surface area contributed by atoms with Crippen molar-refractivity contribution in [2.24, 2.45) is 5.73 Å². The summed E-state index contributed by atoms with van der Waals surface area (Å²) in [7, 11) is 0. The molecule has 16 heavy (non-hydrogen) atoms. The molecule has 0 unspecified atom stereocenters. The summed E-state index contributed by atoms with van der Waals surface area (Å²) >= 11 is 1.35. The van der Waals surface area contributed by atoms with Gasteiger partial charge in [0.05, 0.1) is 0 Å². The van der Waals surface area contributed by atoms with Gasteiger partial charge in [-0.25, -0.2) is 0 Å². The fourth-order valence-corrected chi connectivity index (χ4v) is 1.99. The van der Waals surface area contributed by atoms with E-state index in [9.17, 15) is 0 Å². The highest BCUT2D eigenvalue weighted by molar-refractivity contribution is 14.0. The molecular formula is C12H13IN2S. The van der Waals surface area contributed by atoms with Crippen LogP contribution >= 0.6 is 35.7 Å². The molecule has 0 aromatic heterocycles. The summed E-state index contributed by atoms with van der Waals surface area (Å²) in [6, 6.07) is 14.6. The molecule has 0 aliphatic heterocycles. The molecule has 0 amide bonds. The molecule has 3 N–H and O–H groups in total. The highest BCUT2D eigenvalue weighted by Crippen LogP contribution is 2.18. The van der Waals surface area contributed by atoms with E-state index in [2.05, 4.69) is 30.3 Å². The number of hydrogen-bond donors (Lipinski definition) is 2. The summed E-state index contributed by atoms with van der Waals surface area (Å²) < 4.78 is 0. The van der Waals surface area contributed by atoms with E-state index < -0.39 is 0 Å². The zero-order valence-corrected chi connectivity index (χ0v) is 11.8. The van der Waals surface area contributed by atoms with E-state index in [1.807, 2.05) is 12.1 Å². The van der Waals surface area contributed by atoms with Gasteiger partial charge in [0.2, 0.25) is 0 Å². The third-order valence-electron chi connectivity index (χ3n) is 2.21. The van der Waals surface area contributed by atoms with Crippen molar-refractivity contribution in [2.75, 3.05) is 0 Å². The van der Waals surface area contributed by atoms with Gasteiger partial charge in [-0.05, 0) is 16.3 Å². The maximum atomic E-state index is 7.15. The molecule has 0 radical (unpaired) electrons. The van der Waals surface area contributed by atoms with Crippen LogP contribution in [-0.4, -0.2) is 5.17 Å². The van der Waals surface area contributed by atoms with Gasteiger partial charge >= 0.3 is 0 Å². The fourth-order valence-electron chi connectivity index (χ4n) is 1.49. The van der Waals surface area contributed by atoms with Crippen molar-refractivity contribution in [2.45, 2.75) is 5.75 Å². The Labute approximate surface area is 116 Å². The molecule has 0 saturated carbocycles. The number of amidine groups is 1. The van der Waals surface area contributed by atoms with Gasteiger partial charge in [0.25, 0.3) is 0 Å². The van der Waals surface area contributed by atoms with Crippen molar-refractivity contribution in [3.8, 4) is 0 Å². The summed E-state index contributed by atoms with van der Waals surface area (Å²) in [5.41, 5.74) is 6.50. The average molecular weight is 344 g/mol. The predicted octanol–water partition coefficient (Wildman–Crippen LogP) is 3.58. The van der Waals surface area contributed by atoms with Crippen LogP contribution in [0.25, 0.3) is 10.8 Å². The van der Waals surface area contributed by atoms with Crippen molar-refractivity contribution in [3.63, 3.8) is 0 Å². The van der Waals surface area contributed by atoms with Crippen LogP contribution in [0.1, 0.15) is 5.56 Å². The monoisotopic (exact) mass is 344 g/mol. The van der Waals surface area contributed by atoms with Crippen LogP contribution in [0.2, 0.25) is 0 Å². The number of hydrogen-bond acceptors (Lipinski definition) is 2. The van der Waals surface area contributed by atoms with E-state index >= 15 is 0 Å². The van der Waals surface area contributed by atoms with E-state index in [1.165, 1.54) is 28.1 Å². The van der Waals surface area contributed by atoms with Gasteiger partial charge in [-0.15, -0.1) is 24.0 Å². The maximum Gasteiger partial charge on any atom is 0.151 e. The topological polar surface area (TPSA) is 49.9 Å². The normalized spacial score (nSPS) is 9.75. The molecule has 0 aliphatic carbocycles. The fraction of sp³-hybridized carbons (Fsp3) is 0.0833. The van der Waals surface area contributed by atoms with E-state index in [0.717, 1.165) is 5.75 Å². The second kappa shape index (κ2) is 6.10. The van der Waals surface area contributed by atoms with Crippen LogP contribution in [-0.2, 0) is 5.75 Å². The van der Waals surface area contributed by atoms with Crippen LogP contribution in [0.3, 0.4) is 0 Å². The second-order valence-electron chi connectivity index (χ2n) is 3.33. The summed E-state index contributed by atoms with van der Waals surface area (Å²) in [6.07, 6.45) is 0. The highest BCUT2D eigenvalue weighted by atomic mass is 127. The van der Waals surface area contributed by atoms with Gasteiger partial charge in [0.1, 0.15) is 0 Å². The van der Waals surface area contributed by atoms with E-state index in [-0.39, 0.29) is 29.1 Å². The molecule has 0 spiro atoms. The van der Waals surface area contributed by atoms with Crippen molar-refractivity contribution in [3.05, 3.63) is 48.0 Å². The lowest BCUT2D eigenvalue weighted by atomic mass is 10.1. The third-order valence-corrected chi connectivity index (χ3v) is 3.00. The smallest absolute Gasteiger partial charge is 0.151 e. The average Bonchev–Trinajstić information content (AvgIpc) is 2.26. The molecule has 4 heteroatoms. The molecule has 0 aliphatic rings. The number of fused-ring (bicyclic) bond motifs is 1. The zero-order chi connectivity index (χ0) is 10.7. The summed E-state index contributed by atoms with van der Waals surface area (Å²) in [5, 5.41) is 9.80. The Hall–Kier alpha value is -0.750. The van der Waals surface area contributed by atoms with Gasteiger partial charge in [0, 0.05) is 5.75 Å². The molecule has 0 atom stereocenters. The van der Waals surface area contributed by atoms with Crippen molar-refractivity contribution < 1.29 is 0 Å². The van der Waals surface area contributed by atoms with E-state index in [1.54, 1.807) is 0 Å². The van der Waals surface area contributed by atoms with Crippen molar-refractivity contribution in [1.29, 1.82) is 5.41 Å². The Morgan fingerprint density at radius 1 is 1.12 bits per heavy atom. The maximum absolute atomic E-state index is 7.15. The lowest BCUT2D eigenvalue weighted by molar-refractivity contribution is 1.44. The Morgan fingerprint density at radius 2 is 1.81 bits per heavy atom. The Morgan fingerprint density at radius 3 is 2.50 bits per heavy atom. The molecule has 2 aromatic rings. The minimum atomic E-state index is 0. The largest absolute Gasteiger partial charge is 0.379 e. The number of benzene rings is 2. The molecule has 0 heterocycles. The first-order chi connectivity index (χ1) is 7.25. The Kier molecular flexibility index (Phi) is 5.08. The number of rotatable bonds is 2. The standard InChI is InChI=1S/C12H12N2S.HI/c13-12(14)15-8-9-5-6-10-3-1-2-4-11(10)7-9;/h1-7H,8H2,(H3,13,14);1H.